The highest BCUT2D eigenvalue weighted by molar-refractivity contribution is 6.09. The largest absolute Gasteiger partial charge is 0.394 e. The summed E-state index contributed by atoms with van der Waals surface area (Å²) < 4.78 is 0. The zero-order valence-corrected chi connectivity index (χ0v) is 25.6. The molecule has 2 aromatic rings. The molecule has 14 heteroatoms. The number of benzene rings is 2. The van der Waals surface area contributed by atoms with E-state index in [2.05, 4.69) is 10.6 Å². The molecule has 240 valence electrons. The van der Waals surface area contributed by atoms with Crippen LogP contribution in [-0.2, 0) is 30.0 Å². The molecule has 6 aliphatic rings. The van der Waals surface area contributed by atoms with Gasteiger partial charge in [-0.05, 0) is 35.3 Å². The zero-order chi connectivity index (χ0) is 32.9. The molecule has 0 aromatic heterocycles. The molecule has 6 aliphatic heterocycles. The van der Waals surface area contributed by atoms with Crippen LogP contribution in [0.2, 0.25) is 0 Å². The van der Waals surface area contributed by atoms with Gasteiger partial charge in [0.2, 0.25) is 0 Å². The normalized spacial score (nSPS) is 38.7. The third-order valence-corrected chi connectivity index (χ3v) is 11.5. The van der Waals surface area contributed by atoms with Crippen LogP contribution in [0.4, 0.5) is 11.4 Å². The lowest BCUT2D eigenvalue weighted by Gasteiger charge is -2.51. The summed E-state index contributed by atoms with van der Waals surface area (Å²) >= 11 is 0. The van der Waals surface area contributed by atoms with Crippen molar-refractivity contribution in [3.8, 4) is 0 Å². The Balaban J connectivity index is 1.48. The minimum Gasteiger partial charge on any atom is -0.394 e. The number of nitrogens with two attached hydrogens (primary N) is 1. The number of likely N-dealkylation sites (N-methyl/N-ethyl adjacent to an activating group) is 2. The van der Waals surface area contributed by atoms with Crippen LogP contribution in [0.1, 0.15) is 25.0 Å². The standard InChI is InChI=1S/C32H35N7O7/c1-15(2)31(33)27(44)38-20(22(41)37(31)4)13-29(16-9-5-7-11-18(16)34-25(29)38)30-17-10-6-8-12-19(17)35-26(30)39-23(42)21(14-40)36(3)28(45)32(39,46)24(30)43/h5-13,15,21,24-26,34-35,40,43,46H,14,33H2,1-4H3/t21-,24-,25+,26-,29-,30-,31+,32-/m0/s1. The Kier molecular flexibility index (Phi) is 5.44. The first-order valence-corrected chi connectivity index (χ1v) is 15.2. The van der Waals surface area contributed by atoms with Crippen LogP contribution in [0.15, 0.2) is 60.3 Å². The van der Waals surface area contributed by atoms with Crippen LogP contribution < -0.4 is 16.4 Å². The van der Waals surface area contributed by atoms with Crippen molar-refractivity contribution in [3.05, 3.63) is 71.4 Å². The van der Waals surface area contributed by atoms with Crippen molar-refractivity contribution < 1.29 is 34.5 Å². The number of hydrogen-bond donors (Lipinski definition) is 6. The van der Waals surface area contributed by atoms with Crippen molar-refractivity contribution in [3.63, 3.8) is 0 Å². The van der Waals surface area contributed by atoms with Crippen LogP contribution in [-0.4, -0.2) is 115 Å². The van der Waals surface area contributed by atoms with E-state index >= 15 is 0 Å². The maximum Gasteiger partial charge on any atom is 0.279 e. The third-order valence-electron chi connectivity index (χ3n) is 11.5. The number of hydrogen-bond acceptors (Lipinski definition) is 10. The highest BCUT2D eigenvalue weighted by atomic mass is 16.4. The number of rotatable bonds is 3. The van der Waals surface area contributed by atoms with E-state index in [4.69, 9.17) is 5.73 Å². The van der Waals surface area contributed by atoms with Gasteiger partial charge in [0.1, 0.15) is 30.2 Å². The molecule has 14 nitrogen and oxygen atoms in total. The molecule has 46 heavy (non-hydrogen) atoms. The lowest BCUT2D eigenvalue weighted by Crippen LogP contribution is -2.75. The summed E-state index contributed by atoms with van der Waals surface area (Å²) in [6.45, 7) is 2.79. The Morgan fingerprint density at radius 1 is 0.913 bits per heavy atom. The smallest absolute Gasteiger partial charge is 0.279 e. The second kappa shape index (κ2) is 8.64. The molecule has 6 heterocycles. The van der Waals surface area contributed by atoms with Gasteiger partial charge in [-0.15, -0.1) is 0 Å². The predicted molar refractivity (Wildman–Crippen MR) is 162 cm³/mol. The van der Waals surface area contributed by atoms with E-state index in [-0.39, 0.29) is 5.70 Å². The lowest BCUT2D eigenvalue weighted by atomic mass is 9.54. The van der Waals surface area contributed by atoms with Crippen molar-refractivity contribution in [2.24, 2.45) is 11.7 Å². The van der Waals surface area contributed by atoms with Gasteiger partial charge in [-0.25, -0.2) is 0 Å². The van der Waals surface area contributed by atoms with E-state index in [1.807, 2.05) is 6.07 Å². The first-order valence-electron chi connectivity index (χ1n) is 15.2. The number of aliphatic hydroxyl groups excluding tert-OH is 2. The molecule has 0 radical (unpaired) electrons. The van der Waals surface area contributed by atoms with Crippen LogP contribution in [0.5, 0.6) is 0 Å². The molecule has 4 amide bonds. The molecule has 8 atom stereocenters. The van der Waals surface area contributed by atoms with E-state index in [0.717, 1.165) is 9.80 Å². The van der Waals surface area contributed by atoms with Gasteiger partial charge in [0.05, 0.1) is 17.4 Å². The van der Waals surface area contributed by atoms with E-state index in [9.17, 15) is 34.5 Å². The molecule has 0 aliphatic carbocycles. The highest BCUT2D eigenvalue weighted by Gasteiger charge is 2.84. The van der Waals surface area contributed by atoms with E-state index < -0.39 is 82.8 Å². The van der Waals surface area contributed by atoms with Crippen LogP contribution in [0, 0.1) is 5.92 Å². The maximum absolute atomic E-state index is 14.6. The van der Waals surface area contributed by atoms with E-state index in [0.29, 0.717) is 22.5 Å². The van der Waals surface area contributed by atoms with Crippen molar-refractivity contribution in [2.75, 3.05) is 31.3 Å². The summed E-state index contributed by atoms with van der Waals surface area (Å²) in [5.74, 6) is -3.31. The Labute approximate surface area is 264 Å². The van der Waals surface area contributed by atoms with Gasteiger partial charge in [-0.1, -0.05) is 50.2 Å². The molecule has 0 bridgehead atoms. The summed E-state index contributed by atoms with van der Waals surface area (Å²) in [6, 6.07) is 12.9. The predicted octanol–water partition coefficient (Wildman–Crippen LogP) is -1.40. The molecule has 2 aromatic carbocycles. The van der Waals surface area contributed by atoms with Crippen LogP contribution in [0.3, 0.4) is 0 Å². The number of para-hydroxylation sites is 2. The van der Waals surface area contributed by atoms with Gasteiger partial charge < -0.3 is 41.5 Å². The highest BCUT2D eigenvalue weighted by Crippen LogP contribution is 2.69. The number of carbonyl (C=O) groups is 4. The SMILES string of the molecule is CC(C)[C@]1(N)C(=O)N2C(=C[C@]3([C@]45c6ccccc6N[C@H]4N4C(=O)[C@H](CO)N(C)C(=O)[C@@]4(O)[C@H]5O)c4ccccc4N[C@H]23)C(=O)N1C. The monoisotopic (exact) mass is 629 g/mol. The molecular weight excluding hydrogens is 594 g/mol. The minimum absolute atomic E-state index is 0.0193. The van der Waals surface area contributed by atoms with Crippen molar-refractivity contribution in [1.29, 1.82) is 0 Å². The number of nitrogens with zero attached hydrogens (tertiary/aromatic N) is 4. The zero-order valence-electron chi connectivity index (χ0n) is 25.6. The minimum atomic E-state index is -2.78. The van der Waals surface area contributed by atoms with Gasteiger partial charge >= 0.3 is 0 Å². The number of piperazine rings is 2. The van der Waals surface area contributed by atoms with Gasteiger partial charge in [-0.3, -0.25) is 29.0 Å². The van der Waals surface area contributed by atoms with Crippen molar-refractivity contribution in [2.45, 2.75) is 60.5 Å². The van der Waals surface area contributed by atoms with Gasteiger partial charge in [0.25, 0.3) is 29.4 Å². The molecule has 0 spiro atoms. The van der Waals surface area contributed by atoms with Gasteiger partial charge in [0.15, 0.2) is 5.66 Å². The fraction of sp³-hybridized carbons (Fsp3) is 0.438. The molecule has 7 N–H and O–H groups in total. The fourth-order valence-electron chi connectivity index (χ4n) is 9.21. The van der Waals surface area contributed by atoms with Gasteiger partial charge in [-0.2, -0.15) is 0 Å². The average Bonchev–Trinajstić information content (AvgIpc) is 3.71. The molecular formula is C32H35N7O7. The topological polar surface area (TPSA) is 192 Å². The van der Waals surface area contributed by atoms with E-state index in [1.54, 1.807) is 62.4 Å². The Hall–Kier alpha value is -4.50. The van der Waals surface area contributed by atoms with Gasteiger partial charge in [0, 0.05) is 25.5 Å². The molecule has 0 saturated carbocycles. The van der Waals surface area contributed by atoms with Crippen LogP contribution in [0.25, 0.3) is 0 Å². The lowest BCUT2D eigenvalue weighted by molar-refractivity contribution is -0.209. The third kappa shape index (κ3) is 2.69. The summed E-state index contributed by atoms with van der Waals surface area (Å²) in [4.78, 5) is 61.5. The number of anilines is 2. The fourth-order valence-corrected chi connectivity index (χ4v) is 9.21. The Morgan fingerprint density at radius 3 is 2.13 bits per heavy atom. The van der Waals surface area contributed by atoms with Crippen molar-refractivity contribution >= 4 is 35.0 Å². The molecule has 0 unspecified atom stereocenters. The molecule has 8 rings (SSSR count). The second-order valence-corrected chi connectivity index (χ2v) is 13.4. The number of amides is 4. The number of carbonyl (C=O) groups excluding carboxylic acids is 4. The van der Waals surface area contributed by atoms with Crippen LogP contribution >= 0.6 is 0 Å². The Morgan fingerprint density at radius 2 is 1.50 bits per heavy atom. The number of nitrogens with one attached hydrogen (secondary N) is 2. The molecule has 3 fully saturated rings. The Bertz CT molecular complexity index is 1820. The first kappa shape index (κ1) is 28.9. The average molecular weight is 630 g/mol. The summed E-state index contributed by atoms with van der Waals surface area (Å²) in [5, 5.41) is 42.1. The number of aliphatic hydroxyl groups is 3. The first-order chi connectivity index (χ1) is 21.8. The quantitative estimate of drug-likeness (QED) is 0.235. The summed E-state index contributed by atoms with van der Waals surface area (Å²) in [7, 11) is 2.76. The maximum atomic E-state index is 14.6. The summed E-state index contributed by atoms with van der Waals surface area (Å²) in [6.07, 6.45) is -2.70. The van der Waals surface area contributed by atoms with Crippen molar-refractivity contribution in [1.82, 2.24) is 19.6 Å². The summed E-state index contributed by atoms with van der Waals surface area (Å²) in [5.41, 5.74) is 1.12. The second-order valence-electron chi connectivity index (χ2n) is 13.4. The number of fused-ring (bicyclic) bond motifs is 11. The molecule has 3 saturated heterocycles. The van der Waals surface area contributed by atoms with E-state index in [1.165, 1.54) is 23.9 Å².